The second-order valence-corrected chi connectivity index (χ2v) is 7.19. The van der Waals surface area contributed by atoms with E-state index in [1.54, 1.807) is 19.2 Å². The zero-order chi connectivity index (χ0) is 19.6. The van der Waals surface area contributed by atoms with Crippen LogP contribution in [0.5, 0.6) is 0 Å². The van der Waals surface area contributed by atoms with Gasteiger partial charge in [-0.05, 0) is 36.1 Å². The Labute approximate surface area is 161 Å². The summed E-state index contributed by atoms with van der Waals surface area (Å²) in [6.07, 6.45) is 1.91. The molecule has 1 fully saturated rings. The molecule has 1 aliphatic heterocycles. The average Bonchev–Trinajstić information content (AvgIpc) is 2.97. The van der Waals surface area contributed by atoms with Gasteiger partial charge in [0.05, 0.1) is 11.3 Å². The van der Waals surface area contributed by atoms with Crippen LogP contribution in [0.25, 0.3) is 0 Å². The number of likely N-dealkylation sites (tertiary alicyclic amines) is 1. The number of nitrogens with zero attached hydrogens (tertiary/aromatic N) is 2. The first-order valence-electron chi connectivity index (χ1n) is 8.34. The number of carbonyl (C=O) groups is 2. The minimum Gasteiger partial charge on any atom is -0.344 e. The fraction of sp³-hybridized carbons (Fsp3) is 0.250. The Bertz CT molecular complexity index is 941. The topological polar surface area (TPSA) is 73.2 Å². The minimum absolute atomic E-state index is 0.0959. The SMILES string of the molecule is CSc1ccccc1NC(=O)[C@H]1C(=O)N(C)C[C@@H]1c1ccc(F)c(C#N)c1. The van der Waals surface area contributed by atoms with Crippen molar-refractivity contribution in [1.82, 2.24) is 4.90 Å². The molecule has 2 amide bonds. The fourth-order valence-electron chi connectivity index (χ4n) is 3.31. The van der Waals surface area contributed by atoms with Crippen LogP contribution in [0.1, 0.15) is 17.0 Å². The molecule has 2 atom stereocenters. The van der Waals surface area contributed by atoms with Gasteiger partial charge >= 0.3 is 0 Å². The highest BCUT2D eigenvalue weighted by molar-refractivity contribution is 7.98. The van der Waals surface area contributed by atoms with E-state index in [0.717, 1.165) is 4.90 Å². The second kappa shape index (κ2) is 7.80. The molecule has 2 aromatic carbocycles. The molecule has 0 radical (unpaired) electrons. The molecule has 1 saturated heterocycles. The fourth-order valence-corrected chi connectivity index (χ4v) is 3.86. The highest BCUT2D eigenvalue weighted by atomic mass is 32.2. The molecule has 0 spiro atoms. The lowest BCUT2D eigenvalue weighted by atomic mass is 9.87. The summed E-state index contributed by atoms with van der Waals surface area (Å²) in [5.41, 5.74) is 1.15. The lowest BCUT2D eigenvalue weighted by molar-refractivity contribution is -0.135. The first-order chi connectivity index (χ1) is 13.0. The number of halogens is 1. The van der Waals surface area contributed by atoms with Crippen LogP contribution >= 0.6 is 11.8 Å². The number of para-hydroxylation sites is 1. The summed E-state index contributed by atoms with van der Waals surface area (Å²) in [7, 11) is 1.63. The molecule has 138 valence electrons. The highest BCUT2D eigenvalue weighted by Gasteiger charge is 2.44. The molecule has 0 aromatic heterocycles. The van der Waals surface area contributed by atoms with Crippen molar-refractivity contribution in [3.63, 3.8) is 0 Å². The van der Waals surface area contributed by atoms with Crippen LogP contribution in [0, 0.1) is 23.1 Å². The zero-order valence-corrected chi connectivity index (χ0v) is 15.7. The van der Waals surface area contributed by atoms with Gasteiger partial charge in [0.2, 0.25) is 11.8 Å². The van der Waals surface area contributed by atoms with Gasteiger partial charge in [-0.1, -0.05) is 18.2 Å². The number of likely N-dealkylation sites (N-methyl/N-ethyl adjacent to an activating group) is 1. The molecule has 0 saturated carbocycles. The summed E-state index contributed by atoms with van der Waals surface area (Å²) in [5, 5.41) is 11.9. The molecule has 2 aromatic rings. The Morgan fingerprint density at radius 3 is 2.78 bits per heavy atom. The smallest absolute Gasteiger partial charge is 0.237 e. The molecule has 1 heterocycles. The third kappa shape index (κ3) is 3.67. The number of nitriles is 1. The lowest BCUT2D eigenvalue weighted by Crippen LogP contribution is -2.32. The molecule has 3 rings (SSSR count). The molecule has 0 unspecified atom stereocenters. The van der Waals surface area contributed by atoms with Gasteiger partial charge in [-0.3, -0.25) is 9.59 Å². The maximum atomic E-state index is 13.7. The minimum atomic E-state index is -0.929. The molecule has 0 aliphatic carbocycles. The van der Waals surface area contributed by atoms with E-state index < -0.39 is 23.6 Å². The Kier molecular flexibility index (Phi) is 5.47. The molecule has 5 nitrogen and oxygen atoms in total. The number of nitrogens with one attached hydrogen (secondary N) is 1. The predicted molar refractivity (Wildman–Crippen MR) is 102 cm³/mol. The van der Waals surface area contributed by atoms with E-state index in [4.69, 9.17) is 5.26 Å². The Balaban J connectivity index is 1.92. The molecule has 0 bridgehead atoms. The Morgan fingerprint density at radius 1 is 1.33 bits per heavy atom. The summed E-state index contributed by atoms with van der Waals surface area (Å²) in [6.45, 7) is 0.331. The van der Waals surface area contributed by atoms with Crippen molar-refractivity contribution in [2.45, 2.75) is 10.8 Å². The average molecular weight is 383 g/mol. The number of thioether (sulfide) groups is 1. The number of anilines is 1. The number of rotatable bonds is 4. The van der Waals surface area contributed by atoms with Crippen molar-refractivity contribution in [3.8, 4) is 6.07 Å². The van der Waals surface area contributed by atoms with Crippen LogP contribution in [0.2, 0.25) is 0 Å². The van der Waals surface area contributed by atoms with E-state index in [2.05, 4.69) is 5.32 Å². The Hall–Kier alpha value is -2.85. The molecule has 1 N–H and O–H groups in total. The maximum Gasteiger partial charge on any atom is 0.237 e. The monoisotopic (exact) mass is 383 g/mol. The first-order valence-corrected chi connectivity index (χ1v) is 9.57. The second-order valence-electron chi connectivity index (χ2n) is 6.34. The van der Waals surface area contributed by atoms with Gasteiger partial charge in [0.1, 0.15) is 17.8 Å². The summed E-state index contributed by atoms with van der Waals surface area (Å²) >= 11 is 1.50. The van der Waals surface area contributed by atoms with E-state index >= 15 is 0 Å². The third-order valence-corrected chi connectivity index (χ3v) is 5.50. The Morgan fingerprint density at radius 2 is 2.07 bits per heavy atom. The predicted octanol–water partition coefficient (Wildman–Crippen LogP) is 3.23. The summed E-state index contributed by atoms with van der Waals surface area (Å²) in [5.74, 6) is -2.69. The van der Waals surface area contributed by atoms with E-state index in [1.807, 2.05) is 24.5 Å². The number of carbonyl (C=O) groups excluding carboxylic acids is 2. The van der Waals surface area contributed by atoms with Crippen LogP contribution in [0.4, 0.5) is 10.1 Å². The van der Waals surface area contributed by atoms with Crippen molar-refractivity contribution in [3.05, 3.63) is 59.4 Å². The van der Waals surface area contributed by atoms with Crippen LogP contribution in [0.15, 0.2) is 47.4 Å². The van der Waals surface area contributed by atoms with Crippen LogP contribution < -0.4 is 5.32 Å². The third-order valence-electron chi connectivity index (χ3n) is 4.70. The quantitative estimate of drug-likeness (QED) is 0.650. The summed E-state index contributed by atoms with van der Waals surface area (Å²) in [6, 6.07) is 13.3. The van der Waals surface area contributed by atoms with Crippen molar-refractivity contribution in [2.24, 2.45) is 5.92 Å². The molecule has 27 heavy (non-hydrogen) atoms. The van der Waals surface area contributed by atoms with E-state index in [-0.39, 0.29) is 11.5 Å². The molecular weight excluding hydrogens is 365 g/mol. The lowest BCUT2D eigenvalue weighted by Gasteiger charge is -2.18. The van der Waals surface area contributed by atoms with Crippen LogP contribution in [-0.2, 0) is 9.59 Å². The van der Waals surface area contributed by atoms with Crippen LogP contribution in [0.3, 0.4) is 0 Å². The first kappa shape index (κ1) is 18.9. The van der Waals surface area contributed by atoms with Crippen molar-refractivity contribution < 1.29 is 14.0 Å². The standard InChI is InChI=1S/C20H18FN3O2S/c1-24-11-14(12-7-8-15(21)13(9-12)10-22)18(20(24)26)19(25)23-16-5-3-4-6-17(16)27-2/h3-9,14,18H,11H2,1-2H3,(H,23,25)/t14-,18+/m1/s1. The normalized spacial score (nSPS) is 19.0. The summed E-state index contributed by atoms with van der Waals surface area (Å²) in [4.78, 5) is 27.9. The van der Waals surface area contributed by atoms with E-state index in [9.17, 15) is 14.0 Å². The van der Waals surface area contributed by atoms with Gasteiger partial charge in [0, 0.05) is 24.4 Å². The van der Waals surface area contributed by atoms with Gasteiger partial charge in [0.25, 0.3) is 0 Å². The van der Waals surface area contributed by atoms with Crippen molar-refractivity contribution >= 4 is 29.3 Å². The number of amides is 2. The number of hydrogen-bond donors (Lipinski definition) is 1. The number of hydrogen-bond acceptors (Lipinski definition) is 4. The van der Waals surface area contributed by atoms with Gasteiger partial charge < -0.3 is 10.2 Å². The maximum absolute atomic E-state index is 13.7. The summed E-state index contributed by atoms with van der Waals surface area (Å²) < 4.78 is 13.7. The van der Waals surface area contributed by atoms with Crippen LogP contribution in [-0.4, -0.2) is 36.6 Å². The van der Waals surface area contributed by atoms with Gasteiger partial charge in [-0.2, -0.15) is 5.26 Å². The van der Waals surface area contributed by atoms with E-state index in [1.165, 1.54) is 34.9 Å². The van der Waals surface area contributed by atoms with E-state index in [0.29, 0.717) is 17.8 Å². The molecular formula is C20H18FN3O2S. The highest BCUT2D eigenvalue weighted by Crippen LogP contribution is 2.35. The molecule has 1 aliphatic rings. The largest absolute Gasteiger partial charge is 0.344 e. The zero-order valence-electron chi connectivity index (χ0n) is 14.9. The van der Waals surface area contributed by atoms with Crippen molar-refractivity contribution in [1.29, 1.82) is 5.26 Å². The molecule has 7 heteroatoms. The number of benzene rings is 2. The van der Waals surface area contributed by atoms with Crippen molar-refractivity contribution in [2.75, 3.05) is 25.2 Å². The van der Waals surface area contributed by atoms with Gasteiger partial charge in [-0.15, -0.1) is 11.8 Å². The van der Waals surface area contributed by atoms with Gasteiger partial charge in [-0.25, -0.2) is 4.39 Å². The van der Waals surface area contributed by atoms with Gasteiger partial charge in [0.15, 0.2) is 0 Å².